The third kappa shape index (κ3) is 5.05. The Hall–Kier alpha value is -2.43. The highest BCUT2D eigenvalue weighted by atomic mass is 15.1. The predicted molar refractivity (Wildman–Crippen MR) is 98.0 cm³/mol. The topological polar surface area (TPSA) is 62.7 Å². The Morgan fingerprint density at radius 2 is 2.08 bits per heavy atom. The summed E-state index contributed by atoms with van der Waals surface area (Å²) in [6, 6.07) is 7.86. The monoisotopic (exact) mass is 323 g/mol. The van der Waals surface area contributed by atoms with E-state index in [1.807, 2.05) is 31.2 Å². The standard InChI is InChI=1S/C19H25N5/c1-15-13-18(22-14-17-9-5-6-11-20-17)24-19(23-15)21-12-10-16-7-3-2-4-8-16/h5-7,9,11,13H,2-4,8,10,12,14H2,1H3,(H2,21,22,23,24). The molecule has 0 unspecified atom stereocenters. The van der Waals surface area contributed by atoms with Gasteiger partial charge in [0.2, 0.25) is 5.95 Å². The molecule has 0 spiro atoms. The van der Waals surface area contributed by atoms with Crippen LogP contribution in [-0.4, -0.2) is 21.5 Å². The summed E-state index contributed by atoms with van der Waals surface area (Å²) in [6.45, 7) is 3.53. The molecule has 126 valence electrons. The van der Waals surface area contributed by atoms with Crippen LogP contribution in [0.4, 0.5) is 11.8 Å². The molecule has 2 aromatic heterocycles. The molecule has 3 rings (SSSR count). The van der Waals surface area contributed by atoms with Crippen molar-refractivity contribution >= 4 is 11.8 Å². The fourth-order valence-corrected chi connectivity index (χ4v) is 2.89. The van der Waals surface area contributed by atoms with E-state index in [4.69, 9.17) is 0 Å². The fraction of sp³-hybridized carbons (Fsp3) is 0.421. The molecule has 0 saturated carbocycles. The number of anilines is 2. The van der Waals surface area contributed by atoms with Crippen LogP contribution < -0.4 is 10.6 Å². The molecule has 0 fully saturated rings. The highest BCUT2D eigenvalue weighted by Gasteiger charge is 2.05. The van der Waals surface area contributed by atoms with Gasteiger partial charge in [-0.1, -0.05) is 17.7 Å². The third-order valence-electron chi connectivity index (χ3n) is 4.15. The minimum absolute atomic E-state index is 0.656. The van der Waals surface area contributed by atoms with Gasteiger partial charge in [-0.3, -0.25) is 4.98 Å². The maximum Gasteiger partial charge on any atom is 0.224 e. The maximum absolute atomic E-state index is 4.55. The molecular formula is C19H25N5. The molecule has 1 aliphatic rings. The first-order valence-electron chi connectivity index (χ1n) is 8.71. The van der Waals surface area contributed by atoms with Crippen molar-refractivity contribution in [3.63, 3.8) is 0 Å². The van der Waals surface area contributed by atoms with Gasteiger partial charge in [0, 0.05) is 24.5 Å². The number of allylic oxidation sites excluding steroid dienone is 1. The van der Waals surface area contributed by atoms with Gasteiger partial charge >= 0.3 is 0 Å². The van der Waals surface area contributed by atoms with Crippen LogP contribution in [0.2, 0.25) is 0 Å². The van der Waals surface area contributed by atoms with Gasteiger partial charge in [-0.2, -0.15) is 4.98 Å². The number of hydrogen-bond acceptors (Lipinski definition) is 5. The minimum Gasteiger partial charge on any atom is -0.364 e. The number of aromatic nitrogens is 3. The molecule has 1 aliphatic carbocycles. The quantitative estimate of drug-likeness (QED) is 0.751. The van der Waals surface area contributed by atoms with E-state index in [2.05, 4.69) is 31.7 Å². The van der Waals surface area contributed by atoms with E-state index in [1.54, 1.807) is 11.8 Å². The normalized spacial score (nSPS) is 14.1. The number of hydrogen-bond donors (Lipinski definition) is 2. The Balaban J connectivity index is 1.54. The summed E-state index contributed by atoms with van der Waals surface area (Å²) in [5, 5.41) is 6.67. The first kappa shape index (κ1) is 16.4. The fourth-order valence-electron chi connectivity index (χ4n) is 2.89. The van der Waals surface area contributed by atoms with Crippen LogP contribution in [0.1, 0.15) is 43.5 Å². The van der Waals surface area contributed by atoms with Crippen molar-refractivity contribution in [2.45, 2.75) is 45.6 Å². The summed E-state index contributed by atoms with van der Waals surface area (Å²) >= 11 is 0. The molecule has 24 heavy (non-hydrogen) atoms. The lowest BCUT2D eigenvalue weighted by atomic mass is 9.97. The molecule has 0 radical (unpaired) electrons. The number of rotatable bonds is 7. The van der Waals surface area contributed by atoms with E-state index < -0.39 is 0 Å². The van der Waals surface area contributed by atoms with E-state index in [0.29, 0.717) is 12.5 Å². The average molecular weight is 323 g/mol. The zero-order valence-electron chi connectivity index (χ0n) is 14.3. The van der Waals surface area contributed by atoms with Crippen molar-refractivity contribution in [3.8, 4) is 0 Å². The van der Waals surface area contributed by atoms with Gasteiger partial charge in [0.25, 0.3) is 0 Å². The van der Waals surface area contributed by atoms with Crippen LogP contribution in [0.5, 0.6) is 0 Å². The van der Waals surface area contributed by atoms with Crippen LogP contribution in [0.3, 0.4) is 0 Å². The molecule has 5 heteroatoms. The van der Waals surface area contributed by atoms with Crippen molar-refractivity contribution < 1.29 is 0 Å². The highest BCUT2D eigenvalue weighted by molar-refractivity contribution is 5.42. The molecule has 2 N–H and O–H groups in total. The highest BCUT2D eigenvalue weighted by Crippen LogP contribution is 2.20. The van der Waals surface area contributed by atoms with Gasteiger partial charge < -0.3 is 10.6 Å². The largest absolute Gasteiger partial charge is 0.364 e. The van der Waals surface area contributed by atoms with Gasteiger partial charge in [0.05, 0.1) is 12.2 Å². The molecule has 5 nitrogen and oxygen atoms in total. The van der Waals surface area contributed by atoms with Crippen LogP contribution in [0.15, 0.2) is 42.1 Å². The van der Waals surface area contributed by atoms with Crippen LogP contribution in [0.25, 0.3) is 0 Å². The second-order valence-electron chi connectivity index (χ2n) is 6.18. The molecule has 0 amide bonds. The third-order valence-corrected chi connectivity index (χ3v) is 4.15. The van der Waals surface area contributed by atoms with E-state index in [9.17, 15) is 0 Å². The summed E-state index contributed by atoms with van der Waals surface area (Å²) in [5.74, 6) is 1.52. The predicted octanol–water partition coefficient (Wildman–Crippen LogP) is 4.09. The van der Waals surface area contributed by atoms with E-state index in [-0.39, 0.29) is 0 Å². The van der Waals surface area contributed by atoms with Crippen LogP contribution in [-0.2, 0) is 6.54 Å². The van der Waals surface area contributed by atoms with Gasteiger partial charge in [-0.05, 0) is 51.2 Å². The van der Waals surface area contributed by atoms with Crippen molar-refractivity contribution in [2.24, 2.45) is 0 Å². The average Bonchev–Trinajstić information content (AvgIpc) is 2.61. The SMILES string of the molecule is Cc1cc(NCc2ccccn2)nc(NCCC2=CCCCC2)n1. The Bertz CT molecular complexity index is 681. The van der Waals surface area contributed by atoms with Crippen molar-refractivity contribution in [1.82, 2.24) is 15.0 Å². The lowest BCUT2D eigenvalue weighted by molar-refractivity contribution is 0.679. The number of nitrogens with zero attached hydrogens (tertiary/aromatic N) is 3. The summed E-state index contributed by atoms with van der Waals surface area (Å²) in [5.41, 5.74) is 3.51. The second-order valence-corrected chi connectivity index (χ2v) is 6.18. The zero-order chi connectivity index (χ0) is 16.6. The summed E-state index contributed by atoms with van der Waals surface area (Å²) < 4.78 is 0. The molecule has 0 aromatic carbocycles. The lowest BCUT2D eigenvalue weighted by Gasteiger charge is -2.13. The Morgan fingerprint density at radius 3 is 2.88 bits per heavy atom. The molecule has 0 saturated heterocycles. The van der Waals surface area contributed by atoms with Crippen molar-refractivity contribution in [3.05, 3.63) is 53.5 Å². The number of aryl methyl sites for hydroxylation is 1. The first-order valence-corrected chi connectivity index (χ1v) is 8.71. The van der Waals surface area contributed by atoms with Gasteiger partial charge in [0.15, 0.2) is 0 Å². The summed E-state index contributed by atoms with van der Waals surface area (Å²) in [6.07, 6.45) is 10.4. The smallest absolute Gasteiger partial charge is 0.224 e. The summed E-state index contributed by atoms with van der Waals surface area (Å²) in [4.78, 5) is 13.3. The molecule has 2 aromatic rings. The maximum atomic E-state index is 4.55. The zero-order valence-corrected chi connectivity index (χ0v) is 14.3. The molecule has 0 bridgehead atoms. The molecule has 0 aliphatic heterocycles. The van der Waals surface area contributed by atoms with E-state index in [0.717, 1.165) is 30.2 Å². The van der Waals surface area contributed by atoms with Gasteiger partial charge in [-0.25, -0.2) is 4.98 Å². The molecular weight excluding hydrogens is 298 g/mol. The minimum atomic E-state index is 0.656. The number of nitrogens with one attached hydrogen (secondary N) is 2. The van der Waals surface area contributed by atoms with E-state index in [1.165, 1.54) is 25.7 Å². The van der Waals surface area contributed by atoms with Gasteiger partial charge in [-0.15, -0.1) is 0 Å². The second kappa shape index (κ2) is 8.43. The van der Waals surface area contributed by atoms with Crippen molar-refractivity contribution in [2.75, 3.05) is 17.2 Å². The van der Waals surface area contributed by atoms with Gasteiger partial charge in [0.1, 0.15) is 5.82 Å². The van der Waals surface area contributed by atoms with Crippen LogP contribution >= 0.6 is 0 Å². The summed E-state index contributed by atoms with van der Waals surface area (Å²) in [7, 11) is 0. The Morgan fingerprint density at radius 1 is 1.12 bits per heavy atom. The number of pyridine rings is 1. The van der Waals surface area contributed by atoms with E-state index >= 15 is 0 Å². The molecule has 2 heterocycles. The van der Waals surface area contributed by atoms with Crippen molar-refractivity contribution in [1.29, 1.82) is 0 Å². The lowest BCUT2D eigenvalue weighted by Crippen LogP contribution is -2.10. The molecule has 0 atom stereocenters. The Labute approximate surface area is 143 Å². The Kier molecular flexibility index (Phi) is 5.77. The van der Waals surface area contributed by atoms with Crippen LogP contribution in [0, 0.1) is 6.92 Å². The first-order chi connectivity index (χ1) is 11.8.